The number of aromatic nitrogens is 5. The summed E-state index contributed by atoms with van der Waals surface area (Å²) in [7, 11) is 0. The van der Waals surface area contributed by atoms with Gasteiger partial charge in [-0.3, -0.25) is 4.68 Å². The number of nitrogens with one attached hydrogen (secondary N) is 1. The molecule has 0 aliphatic rings. The minimum Gasteiger partial charge on any atom is -0.310 e. The smallest absolute Gasteiger partial charge is 0.148 e. The van der Waals surface area contributed by atoms with Crippen molar-refractivity contribution in [1.29, 1.82) is 0 Å². The van der Waals surface area contributed by atoms with Gasteiger partial charge in [0.1, 0.15) is 18.7 Å². The lowest BCUT2D eigenvalue weighted by atomic mass is 10.2. The van der Waals surface area contributed by atoms with Gasteiger partial charge in [-0.2, -0.15) is 10.2 Å². The van der Waals surface area contributed by atoms with Gasteiger partial charge in [0.15, 0.2) is 0 Å². The van der Waals surface area contributed by atoms with Crippen molar-refractivity contribution in [2.75, 3.05) is 6.54 Å². The quantitative estimate of drug-likeness (QED) is 0.801. The van der Waals surface area contributed by atoms with Crippen molar-refractivity contribution in [3.63, 3.8) is 0 Å². The maximum atomic E-state index is 4.42. The van der Waals surface area contributed by atoms with Crippen LogP contribution in [0.25, 0.3) is 0 Å². The molecule has 0 aliphatic heterocycles. The summed E-state index contributed by atoms with van der Waals surface area (Å²) in [5.74, 6) is 0.954. The van der Waals surface area contributed by atoms with Crippen LogP contribution in [0, 0.1) is 0 Å². The van der Waals surface area contributed by atoms with Crippen LogP contribution in [-0.2, 0) is 13.1 Å². The predicted molar refractivity (Wildman–Crippen MR) is 78.4 cm³/mol. The third kappa shape index (κ3) is 3.66. The van der Waals surface area contributed by atoms with Gasteiger partial charge in [0.25, 0.3) is 0 Å². The first-order chi connectivity index (χ1) is 9.74. The van der Waals surface area contributed by atoms with E-state index in [2.05, 4.69) is 47.5 Å². The third-order valence-corrected chi connectivity index (χ3v) is 3.29. The van der Waals surface area contributed by atoms with E-state index in [0.717, 1.165) is 31.8 Å². The Morgan fingerprint density at radius 3 is 2.85 bits per heavy atom. The summed E-state index contributed by atoms with van der Waals surface area (Å²) in [5, 5.41) is 12.1. The average Bonchev–Trinajstić information content (AvgIpc) is 3.07. The monoisotopic (exact) mass is 276 g/mol. The molecule has 1 atom stereocenters. The van der Waals surface area contributed by atoms with Gasteiger partial charge in [-0.05, 0) is 26.3 Å². The van der Waals surface area contributed by atoms with E-state index in [1.165, 1.54) is 5.56 Å². The molecule has 0 fully saturated rings. The van der Waals surface area contributed by atoms with Crippen LogP contribution in [0.5, 0.6) is 0 Å². The molecule has 2 aromatic heterocycles. The van der Waals surface area contributed by atoms with Crippen LogP contribution in [0.3, 0.4) is 0 Å². The highest BCUT2D eigenvalue weighted by molar-refractivity contribution is 5.09. The third-order valence-electron chi connectivity index (χ3n) is 3.29. The fourth-order valence-electron chi connectivity index (χ4n) is 2.12. The number of nitrogens with zero attached hydrogens (tertiary/aromatic N) is 5. The Hall–Kier alpha value is -1.69. The SMILES string of the molecule is CCCNC(C)c1cnn(Cc2ncnn2CCC)c1. The van der Waals surface area contributed by atoms with Gasteiger partial charge in [-0.15, -0.1) is 0 Å². The molecule has 6 nitrogen and oxygen atoms in total. The molecule has 0 spiro atoms. The molecule has 110 valence electrons. The van der Waals surface area contributed by atoms with E-state index in [-0.39, 0.29) is 0 Å². The Morgan fingerprint density at radius 1 is 1.25 bits per heavy atom. The fraction of sp³-hybridized carbons (Fsp3) is 0.643. The number of rotatable bonds is 8. The molecule has 2 heterocycles. The fourth-order valence-corrected chi connectivity index (χ4v) is 2.12. The zero-order valence-electron chi connectivity index (χ0n) is 12.6. The van der Waals surface area contributed by atoms with Crippen molar-refractivity contribution in [2.45, 2.75) is 52.7 Å². The summed E-state index contributed by atoms with van der Waals surface area (Å²) >= 11 is 0. The summed E-state index contributed by atoms with van der Waals surface area (Å²) in [6, 6.07) is 0.331. The lowest BCUT2D eigenvalue weighted by molar-refractivity contribution is 0.537. The Bertz CT molecular complexity index is 515. The van der Waals surface area contributed by atoms with Gasteiger partial charge in [0.05, 0.1) is 6.20 Å². The number of hydrogen-bond acceptors (Lipinski definition) is 4. The molecule has 0 saturated heterocycles. The molecule has 1 N–H and O–H groups in total. The van der Waals surface area contributed by atoms with Crippen LogP contribution in [-0.4, -0.2) is 31.1 Å². The lowest BCUT2D eigenvalue weighted by Crippen LogP contribution is -2.18. The molecule has 0 aromatic carbocycles. The molecule has 0 amide bonds. The predicted octanol–water partition coefficient (Wildman–Crippen LogP) is 1.99. The summed E-state index contributed by atoms with van der Waals surface area (Å²) in [6.07, 6.45) is 7.81. The van der Waals surface area contributed by atoms with Crippen molar-refractivity contribution in [3.8, 4) is 0 Å². The van der Waals surface area contributed by atoms with Crippen molar-refractivity contribution >= 4 is 0 Å². The Labute approximate surface area is 120 Å². The van der Waals surface area contributed by atoms with Gasteiger partial charge in [-0.1, -0.05) is 13.8 Å². The first kappa shape index (κ1) is 14.7. The summed E-state index contributed by atoms with van der Waals surface area (Å²) < 4.78 is 3.87. The highest BCUT2D eigenvalue weighted by Gasteiger charge is 2.09. The topological polar surface area (TPSA) is 60.6 Å². The van der Waals surface area contributed by atoms with Gasteiger partial charge in [0.2, 0.25) is 0 Å². The van der Waals surface area contributed by atoms with Crippen molar-refractivity contribution in [3.05, 3.63) is 30.1 Å². The van der Waals surface area contributed by atoms with E-state index in [1.807, 2.05) is 15.6 Å². The zero-order valence-corrected chi connectivity index (χ0v) is 12.6. The Morgan fingerprint density at radius 2 is 2.10 bits per heavy atom. The van der Waals surface area contributed by atoms with E-state index in [1.54, 1.807) is 6.33 Å². The molecule has 6 heteroatoms. The minimum atomic E-state index is 0.331. The molecule has 2 rings (SSSR count). The minimum absolute atomic E-state index is 0.331. The second-order valence-corrected chi connectivity index (χ2v) is 5.05. The molecule has 0 bridgehead atoms. The highest BCUT2D eigenvalue weighted by Crippen LogP contribution is 2.11. The summed E-state index contributed by atoms with van der Waals surface area (Å²) in [4.78, 5) is 4.31. The molecule has 2 aromatic rings. The van der Waals surface area contributed by atoms with Gasteiger partial charge in [0, 0.05) is 24.3 Å². The highest BCUT2D eigenvalue weighted by atomic mass is 15.4. The molecular formula is C14H24N6. The van der Waals surface area contributed by atoms with Crippen molar-refractivity contribution in [2.24, 2.45) is 0 Å². The second-order valence-electron chi connectivity index (χ2n) is 5.05. The molecular weight excluding hydrogens is 252 g/mol. The standard InChI is InChI=1S/C14H24N6/c1-4-6-15-12(3)13-8-17-19(9-13)10-14-16-11-18-20(14)7-5-2/h8-9,11-12,15H,4-7,10H2,1-3H3. The maximum Gasteiger partial charge on any atom is 0.148 e. The first-order valence-electron chi connectivity index (χ1n) is 7.37. The van der Waals surface area contributed by atoms with Crippen LogP contribution < -0.4 is 5.32 Å². The Kier molecular flexibility index (Phi) is 5.29. The van der Waals surface area contributed by atoms with Crippen molar-refractivity contribution in [1.82, 2.24) is 29.9 Å². The second kappa shape index (κ2) is 7.19. The van der Waals surface area contributed by atoms with Crippen LogP contribution in [0.15, 0.2) is 18.7 Å². The molecule has 0 saturated carbocycles. The average molecular weight is 276 g/mol. The largest absolute Gasteiger partial charge is 0.310 e. The molecule has 1 unspecified atom stereocenters. The van der Waals surface area contributed by atoms with Gasteiger partial charge in [-0.25, -0.2) is 9.67 Å². The van der Waals surface area contributed by atoms with E-state index >= 15 is 0 Å². The number of hydrogen-bond donors (Lipinski definition) is 1. The molecule has 20 heavy (non-hydrogen) atoms. The van der Waals surface area contributed by atoms with Gasteiger partial charge < -0.3 is 5.32 Å². The van der Waals surface area contributed by atoms with Crippen molar-refractivity contribution < 1.29 is 0 Å². The Balaban J connectivity index is 2.00. The summed E-state index contributed by atoms with van der Waals surface area (Å²) in [5.41, 5.74) is 1.21. The number of aryl methyl sites for hydroxylation is 1. The first-order valence-corrected chi connectivity index (χ1v) is 7.37. The maximum absolute atomic E-state index is 4.42. The normalized spacial score (nSPS) is 12.8. The van der Waals surface area contributed by atoms with E-state index < -0.39 is 0 Å². The molecule has 0 radical (unpaired) electrons. The lowest BCUT2D eigenvalue weighted by Gasteiger charge is -2.10. The van der Waals surface area contributed by atoms with Crippen LogP contribution >= 0.6 is 0 Å². The van der Waals surface area contributed by atoms with Crippen LogP contribution in [0.2, 0.25) is 0 Å². The van der Waals surface area contributed by atoms with E-state index in [9.17, 15) is 0 Å². The van der Waals surface area contributed by atoms with E-state index in [4.69, 9.17) is 0 Å². The van der Waals surface area contributed by atoms with Crippen LogP contribution in [0.4, 0.5) is 0 Å². The molecule has 0 aliphatic carbocycles. The summed E-state index contributed by atoms with van der Waals surface area (Å²) in [6.45, 7) is 9.06. The zero-order chi connectivity index (χ0) is 14.4. The van der Waals surface area contributed by atoms with Gasteiger partial charge >= 0.3 is 0 Å². The van der Waals surface area contributed by atoms with E-state index in [0.29, 0.717) is 12.6 Å². The van der Waals surface area contributed by atoms with Crippen LogP contribution in [0.1, 0.15) is 51.0 Å².